The van der Waals surface area contributed by atoms with Crippen LogP contribution in [0.5, 0.6) is 11.5 Å². The van der Waals surface area contributed by atoms with Gasteiger partial charge in [0, 0.05) is 12.6 Å². The first kappa shape index (κ1) is 17.4. The summed E-state index contributed by atoms with van der Waals surface area (Å²) in [5.41, 5.74) is 1.22. The van der Waals surface area contributed by atoms with Crippen LogP contribution in [0.15, 0.2) is 41.0 Å². The van der Waals surface area contributed by atoms with Gasteiger partial charge in [-0.15, -0.1) is 0 Å². The third-order valence-electron chi connectivity index (χ3n) is 4.89. The largest absolute Gasteiger partial charge is 0.486 e. The van der Waals surface area contributed by atoms with Gasteiger partial charge in [0.1, 0.15) is 25.6 Å². The number of furan rings is 1. The van der Waals surface area contributed by atoms with Crippen LogP contribution < -0.4 is 9.47 Å². The molecule has 0 spiro atoms. The standard InChI is InChI=1S/C20H25NO5/c22-16(13-23-14-17-3-2-8-24-17)12-21-7-1-4-18(21)15-5-6-19-20(11-15)26-10-9-25-19/h2-3,5-6,8,11,16,18,22H,1,4,7,9-10,12-14H2/t16-,18+/m1/s1. The van der Waals surface area contributed by atoms with Crippen LogP contribution in [-0.2, 0) is 11.3 Å². The average Bonchev–Trinajstić information content (AvgIpc) is 3.33. The molecule has 140 valence electrons. The Bertz CT molecular complexity index is 702. The average molecular weight is 359 g/mol. The molecule has 1 aromatic carbocycles. The molecule has 0 amide bonds. The van der Waals surface area contributed by atoms with Gasteiger partial charge in [0.15, 0.2) is 11.5 Å². The lowest BCUT2D eigenvalue weighted by Gasteiger charge is -2.28. The number of likely N-dealkylation sites (tertiary alicyclic amines) is 1. The first-order valence-corrected chi connectivity index (χ1v) is 9.21. The second kappa shape index (κ2) is 8.12. The maximum atomic E-state index is 10.4. The molecule has 2 aliphatic rings. The van der Waals surface area contributed by atoms with Crippen molar-refractivity contribution in [2.24, 2.45) is 0 Å². The number of β-amino-alcohol motifs (C(OH)–C–C–N with tert-alkyl or cyclic N) is 1. The minimum Gasteiger partial charge on any atom is -0.486 e. The topological polar surface area (TPSA) is 64.3 Å². The van der Waals surface area contributed by atoms with Crippen molar-refractivity contribution in [2.75, 3.05) is 32.9 Å². The fourth-order valence-electron chi connectivity index (χ4n) is 3.70. The van der Waals surface area contributed by atoms with Crippen molar-refractivity contribution in [3.63, 3.8) is 0 Å². The van der Waals surface area contributed by atoms with Crippen LogP contribution in [0.25, 0.3) is 0 Å². The van der Waals surface area contributed by atoms with Crippen molar-refractivity contribution in [1.29, 1.82) is 0 Å². The van der Waals surface area contributed by atoms with E-state index in [0.29, 0.717) is 39.0 Å². The summed E-state index contributed by atoms with van der Waals surface area (Å²) >= 11 is 0. The Morgan fingerprint density at radius 3 is 2.92 bits per heavy atom. The maximum absolute atomic E-state index is 10.4. The molecule has 0 radical (unpaired) electrons. The van der Waals surface area contributed by atoms with Gasteiger partial charge >= 0.3 is 0 Å². The maximum Gasteiger partial charge on any atom is 0.161 e. The Hall–Kier alpha value is -2.02. The van der Waals surface area contributed by atoms with Crippen LogP contribution >= 0.6 is 0 Å². The van der Waals surface area contributed by atoms with E-state index in [1.807, 2.05) is 18.2 Å². The van der Waals surface area contributed by atoms with Crippen LogP contribution in [0, 0.1) is 0 Å². The molecule has 0 unspecified atom stereocenters. The highest BCUT2D eigenvalue weighted by Crippen LogP contribution is 2.38. The molecule has 1 aromatic heterocycles. The van der Waals surface area contributed by atoms with Gasteiger partial charge in [-0.3, -0.25) is 4.90 Å². The first-order chi connectivity index (χ1) is 12.8. The summed E-state index contributed by atoms with van der Waals surface area (Å²) in [6.07, 6.45) is 3.30. The molecule has 2 aliphatic heterocycles. The number of fused-ring (bicyclic) bond motifs is 1. The van der Waals surface area contributed by atoms with E-state index >= 15 is 0 Å². The molecule has 26 heavy (non-hydrogen) atoms. The summed E-state index contributed by atoms with van der Waals surface area (Å²) in [6, 6.07) is 10.2. The zero-order valence-electron chi connectivity index (χ0n) is 14.8. The Kier molecular flexibility index (Phi) is 5.43. The van der Waals surface area contributed by atoms with E-state index in [1.54, 1.807) is 6.26 Å². The fraction of sp³-hybridized carbons (Fsp3) is 0.500. The van der Waals surface area contributed by atoms with Crippen LogP contribution in [0.2, 0.25) is 0 Å². The first-order valence-electron chi connectivity index (χ1n) is 9.21. The lowest BCUT2D eigenvalue weighted by Crippen LogP contribution is -2.34. The Morgan fingerprint density at radius 1 is 1.19 bits per heavy atom. The Morgan fingerprint density at radius 2 is 2.08 bits per heavy atom. The van der Waals surface area contributed by atoms with E-state index in [-0.39, 0.29) is 0 Å². The van der Waals surface area contributed by atoms with E-state index in [1.165, 1.54) is 5.56 Å². The number of hydrogen-bond acceptors (Lipinski definition) is 6. The summed E-state index contributed by atoms with van der Waals surface area (Å²) in [4.78, 5) is 2.33. The predicted molar refractivity (Wildman–Crippen MR) is 95.4 cm³/mol. The van der Waals surface area contributed by atoms with Crippen molar-refractivity contribution >= 4 is 0 Å². The summed E-state index contributed by atoms with van der Waals surface area (Å²) in [5, 5.41) is 10.4. The Balaban J connectivity index is 1.32. The van der Waals surface area contributed by atoms with Gasteiger partial charge < -0.3 is 23.7 Å². The Labute approximate surface area is 153 Å². The third kappa shape index (κ3) is 4.03. The van der Waals surface area contributed by atoms with E-state index in [9.17, 15) is 5.11 Å². The van der Waals surface area contributed by atoms with Crippen LogP contribution in [0.1, 0.15) is 30.2 Å². The van der Waals surface area contributed by atoms with Crippen LogP contribution in [0.4, 0.5) is 0 Å². The molecule has 1 saturated heterocycles. The molecular formula is C20H25NO5. The molecule has 1 fully saturated rings. The van der Waals surface area contributed by atoms with Gasteiger partial charge in [0.25, 0.3) is 0 Å². The molecule has 4 rings (SSSR count). The van der Waals surface area contributed by atoms with Crippen LogP contribution in [-0.4, -0.2) is 49.0 Å². The molecule has 3 heterocycles. The molecule has 0 aliphatic carbocycles. The quantitative estimate of drug-likeness (QED) is 0.820. The zero-order chi connectivity index (χ0) is 17.8. The van der Waals surface area contributed by atoms with E-state index in [2.05, 4.69) is 17.0 Å². The number of nitrogens with zero attached hydrogens (tertiary/aromatic N) is 1. The highest BCUT2D eigenvalue weighted by atomic mass is 16.6. The number of ether oxygens (including phenoxy) is 3. The summed E-state index contributed by atoms with van der Waals surface area (Å²) in [7, 11) is 0. The van der Waals surface area contributed by atoms with Crippen molar-refractivity contribution in [3.8, 4) is 11.5 Å². The normalized spacial score (nSPS) is 21.0. The number of aliphatic hydroxyl groups is 1. The van der Waals surface area contributed by atoms with Gasteiger partial charge in [0.2, 0.25) is 0 Å². The fourth-order valence-corrected chi connectivity index (χ4v) is 3.70. The smallest absolute Gasteiger partial charge is 0.161 e. The highest BCUT2D eigenvalue weighted by molar-refractivity contribution is 5.44. The van der Waals surface area contributed by atoms with Crippen molar-refractivity contribution in [1.82, 2.24) is 4.90 Å². The van der Waals surface area contributed by atoms with Gasteiger partial charge in [-0.05, 0) is 49.2 Å². The molecule has 2 atom stereocenters. The zero-order valence-corrected chi connectivity index (χ0v) is 14.8. The third-order valence-corrected chi connectivity index (χ3v) is 4.89. The second-order valence-electron chi connectivity index (χ2n) is 6.80. The number of hydrogen-bond donors (Lipinski definition) is 1. The minimum atomic E-state index is -0.525. The molecule has 1 N–H and O–H groups in total. The number of benzene rings is 1. The monoisotopic (exact) mass is 359 g/mol. The molecule has 0 bridgehead atoms. The van der Waals surface area contributed by atoms with Gasteiger partial charge in [-0.25, -0.2) is 0 Å². The van der Waals surface area contributed by atoms with Crippen molar-refractivity contribution in [2.45, 2.75) is 31.6 Å². The van der Waals surface area contributed by atoms with E-state index in [4.69, 9.17) is 18.6 Å². The van der Waals surface area contributed by atoms with Crippen molar-refractivity contribution < 1.29 is 23.7 Å². The highest BCUT2D eigenvalue weighted by Gasteiger charge is 2.28. The lowest BCUT2D eigenvalue weighted by molar-refractivity contribution is 0.00306. The number of aliphatic hydroxyl groups excluding tert-OH is 1. The minimum absolute atomic E-state index is 0.297. The number of rotatable bonds is 7. The second-order valence-corrected chi connectivity index (χ2v) is 6.80. The predicted octanol–water partition coefficient (Wildman–Crippen LogP) is 2.77. The SMILES string of the molecule is O[C@@H](COCc1ccco1)CN1CCC[C@H]1c1ccc2c(c1)OCCO2. The summed E-state index contributed by atoms with van der Waals surface area (Å²) in [5.74, 6) is 2.41. The molecule has 6 heteroatoms. The van der Waals surface area contributed by atoms with E-state index < -0.39 is 6.10 Å². The van der Waals surface area contributed by atoms with Gasteiger partial charge in [-0.2, -0.15) is 0 Å². The van der Waals surface area contributed by atoms with E-state index in [0.717, 1.165) is 36.6 Å². The van der Waals surface area contributed by atoms with Gasteiger partial charge in [0.05, 0.1) is 19.0 Å². The lowest BCUT2D eigenvalue weighted by atomic mass is 10.0. The summed E-state index contributed by atoms with van der Waals surface area (Å²) in [6.45, 7) is 3.45. The molecule has 0 saturated carbocycles. The molecule has 2 aromatic rings. The van der Waals surface area contributed by atoms with Gasteiger partial charge in [-0.1, -0.05) is 6.07 Å². The van der Waals surface area contributed by atoms with Crippen molar-refractivity contribution in [3.05, 3.63) is 47.9 Å². The molecule has 6 nitrogen and oxygen atoms in total. The molecular weight excluding hydrogens is 334 g/mol. The van der Waals surface area contributed by atoms with Crippen LogP contribution in [0.3, 0.4) is 0 Å². The summed E-state index contributed by atoms with van der Waals surface area (Å²) < 4.78 is 22.1.